The number of carbonyl (C=O) groups is 2. The summed E-state index contributed by atoms with van der Waals surface area (Å²) in [6, 6.07) is 11.1. The van der Waals surface area contributed by atoms with Gasteiger partial charge in [-0.1, -0.05) is 17.7 Å². The first-order chi connectivity index (χ1) is 13.5. The Morgan fingerprint density at radius 1 is 1.11 bits per heavy atom. The van der Waals surface area contributed by atoms with Crippen LogP contribution in [0.15, 0.2) is 42.5 Å². The van der Waals surface area contributed by atoms with E-state index in [-0.39, 0.29) is 11.9 Å². The maximum Gasteiger partial charge on any atom is 0.322 e. The van der Waals surface area contributed by atoms with Gasteiger partial charge in [0, 0.05) is 23.3 Å². The summed E-state index contributed by atoms with van der Waals surface area (Å²) in [5.74, 6) is 0.864. The van der Waals surface area contributed by atoms with Crippen molar-refractivity contribution in [2.24, 2.45) is 0 Å². The Morgan fingerprint density at radius 3 is 2.68 bits per heavy atom. The summed E-state index contributed by atoms with van der Waals surface area (Å²) in [5, 5.41) is 6.12. The molecule has 0 aliphatic carbocycles. The number of anilines is 2. The van der Waals surface area contributed by atoms with Gasteiger partial charge in [0.25, 0.3) is 0 Å². The number of hydrogen-bond acceptors (Lipinski definition) is 4. The van der Waals surface area contributed by atoms with E-state index in [1.807, 2.05) is 0 Å². The molecule has 1 heterocycles. The zero-order chi connectivity index (χ0) is 20.1. The Labute approximate surface area is 168 Å². The molecule has 0 saturated carbocycles. The van der Waals surface area contributed by atoms with Gasteiger partial charge in [-0.25, -0.2) is 4.79 Å². The molecule has 1 unspecified atom stereocenters. The van der Waals surface area contributed by atoms with Crippen molar-refractivity contribution in [3.05, 3.63) is 47.5 Å². The van der Waals surface area contributed by atoms with Crippen LogP contribution in [-0.4, -0.2) is 43.6 Å². The number of likely N-dealkylation sites (tertiary alicyclic amines) is 1. The molecular weight excluding hydrogens is 382 g/mol. The standard InChI is InChI=1S/C20H22ClN3O4/c1-27-15-6-3-5-14(12-15)22-20(26)24-10-4-7-17(24)19(25)23-16-11-13(21)8-9-18(16)28-2/h3,5-6,8-9,11-12,17H,4,7,10H2,1-2H3,(H,22,26)(H,23,25). The summed E-state index contributed by atoms with van der Waals surface area (Å²) < 4.78 is 10.4. The summed E-state index contributed by atoms with van der Waals surface area (Å²) in [6.45, 7) is 0.501. The minimum atomic E-state index is -0.575. The fourth-order valence-electron chi connectivity index (χ4n) is 3.17. The minimum absolute atomic E-state index is 0.279. The molecule has 2 N–H and O–H groups in total. The van der Waals surface area contributed by atoms with E-state index >= 15 is 0 Å². The lowest BCUT2D eigenvalue weighted by Gasteiger charge is -2.24. The smallest absolute Gasteiger partial charge is 0.322 e. The van der Waals surface area contributed by atoms with Crippen molar-refractivity contribution in [3.8, 4) is 11.5 Å². The van der Waals surface area contributed by atoms with E-state index in [0.717, 1.165) is 6.42 Å². The van der Waals surface area contributed by atoms with Gasteiger partial charge in [-0.2, -0.15) is 0 Å². The van der Waals surface area contributed by atoms with Gasteiger partial charge in [0.1, 0.15) is 17.5 Å². The molecule has 28 heavy (non-hydrogen) atoms. The van der Waals surface area contributed by atoms with Crippen LogP contribution in [0.4, 0.5) is 16.2 Å². The molecular formula is C20H22ClN3O4. The molecule has 7 nitrogen and oxygen atoms in total. The number of ether oxygens (including phenoxy) is 2. The first kappa shape index (κ1) is 19.8. The van der Waals surface area contributed by atoms with Gasteiger partial charge in [0.05, 0.1) is 19.9 Å². The monoisotopic (exact) mass is 403 g/mol. The van der Waals surface area contributed by atoms with Crippen molar-refractivity contribution in [3.63, 3.8) is 0 Å². The molecule has 1 saturated heterocycles. The number of urea groups is 1. The second-order valence-electron chi connectivity index (χ2n) is 6.35. The molecule has 3 rings (SSSR count). The van der Waals surface area contributed by atoms with Gasteiger partial charge < -0.3 is 25.0 Å². The lowest BCUT2D eigenvalue weighted by Crippen LogP contribution is -2.45. The highest BCUT2D eigenvalue weighted by Crippen LogP contribution is 2.29. The molecule has 0 aromatic heterocycles. The molecule has 0 radical (unpaired) electrons. The number of rotatable bonds is 5. The molecule has 1 aliphatic rings. The number of nitrogens with zero attached hydrogens (tertiary/aromatic N) is 1. The molecule has 1 aliphatic heterocycles. The van der Waals surface area contributed by atoms with Crippen LogP contribution in [0.2, 0.25) is 5.02 Å². The molecule has 8 heteroatoms. The van der Waals surface area contributed by atoms with Gasteiger partial charge in [0.2, 0.25) is 5.91 Å². The predicted octanol–water partition coefficient (Wildman–Crippen LogP) is 3.99. The fraction of sp³-hybridized carbons (Fsp3) is 0.300. The van der Waals surface area contributed by atoms with Crippen molar-refractivity contribution in [1.82, 2.24) is 4.90 Å². The topological polar surface area (TPSA) is 79.9 Å². The number of amides is 3. The maximum absolute atomic E-state index is 12.8. The lowest BCUT2D eigenvalue weighted by molar-refractivity contribution is -0.119. The fourth-order valence-corrected chi connectivity index (χ4v) is 3.34. The first-order valence-corrected chi connectivity index (χ1v) is 9.25. The van der Waals surface area contributed by atoms with E-state index < -0.39 is 6.04 Å². The average molecular weight is 404 g/mol. The quantitative estimate of drug-likeness (QED) is 0.791. The molecule has 1 fully saturated rings. The SMILES string of the molecule is COc1cccc(NC(=O)N2CCCC2C(=O)Nc2cc(Cl)ccc2OC)c1. The third kappa shape index (κ3) is 4.48. The number of nitrogens with one attached hydrogen (secondary N) is 2. The second kappa shape index (κ2) is 8.84. The number of halogens is 1. The predicted molar refractivity (Wildman–Crippen MR) is 108 cm³/mol. The maximum atomic E-state index is 12.8. The second-order valence-corrected chi connectivity index (χ2v) is 6.78. The van der Waals surface area contributed by atoms with Gasteiger partial charge in [-0.15, -0.1) is 0 Å². The molecule has 2 aromatic carbocycles. The number of carbonyl (C=O) groups excluding carboxylic acids is 2. The van der Waals surface area contributed by atoms with Crippen LogP contribution in [-0.2, 0) is 4.79 Å². The van der Waals surface area contributed by atoms with E-state index in [4.69, 9.17) is 21.1 Å². The van der Waals surface area contributed by atoms with Crippen LogP contribution in [0.1, 0.15) is 12.8 Å². The van der Waals surface area contributed by atoms with Gasteiger partial charge >= 0.3 is 6.03 Å². The van der Waals surface area contributed by atoms with Crippen LogP contribution < -0.4 is 20.1 Å². The van der Waals surface area contributed by atoms with Crippen LogP contribution in [0.5, 0.6) is 11.5 Å². The largest absolute Gasteiger partial charge is 0.497 e. The molecule has 148 valence electrons. The van der Waals surface area contributed by atoms with Gasteiger partial charge in [0.15, 0.2) is 0 Å². The van der Waals surface area contributed by atoms with E-state index in [9.17, 15) is 9.59 Å². The first-order valence-electron chi connectivity index (χ1n) is 8.88. The van der Waals surface area contributed by atoms with E-state index in [1.54, 1.807) is 49.6 Å². The van der Waals surface area contributed by atoms with E-state index in [1.165, 1.54) is 12.0 Å². The average Bonchev–Trinajstić information content (AvgIpc) is 3.18. The Kier molecular flexibility index (Phi) is 6.26. The van der Waals surface area contributed by atoms with Crippen LogP contribution >= 0.6 is 11.6 Å². The van der Waals surface area contributed by atoms with Crippen molar-refractivity contribution in [1.29, 1.82) is 0 Å². The van der Waals surface area contributed by atoms with Crippen LogP contribution in [0.3, 0.4) is 0 Å². The van der Waals surface area contributed by atoms with E-state index in [0.29, 0.717) is 40.9 Å². The summed E-state index contributed by atoms with van der Waals surface area (Å²) in [7, 11) is 3.08. The Morgan fingerprint density at radius 2 is 1.93 bits per heavy atom. The number of benzene rings is 2. The van der Waals surface area contributed by atoms with Crippen molar-refractivity contribution in [2.75, 3.05) is 31.4 Å². The summed E-state index contributed by atoms with van der Waals surface area (Å²) >= 11 is 6.02. The molecule has 3 amide bonds. The Hall–Kier alpha value is -2.93. The normalized spacial score (nSPS) is 15.8. The summed E-state index contributed by atoms with van der Waals surface area (Å²) in [5.41, 5.74) is 1.08. The third-order valence-electron chi connectivity index (χ3n) is 4.56. The van der Waals surface area contributed by atoms with Crippen molar-refractivity contribution >= 4 is 34.9 Å². The van der Waals surface area contributed by atoms with Crippen molar-refractivity contribution in [2.45, 2.75) is 18.9 Å². The highest BCUT2D eigenvalue weighted by Gasteiger charge is 2.34. The molecule has 2 aromatic rings. The highest BCUT2D eigenvalue weighted by molar-refractivity contribution is 6.31. The zero-order valence-electron chi connectivity index (χ0n) is 15.7. The number of hydrogen-bond donors (Lipinski definition) is 2. The Balaban J connectivity index is 1.70. The highest BCUT2D eigenvalue weighted by atomic mass is 35.5. The minimum Gasteiger partial charge on any atom is -0.497 e. The molecule has 1 atom stereocenters. The summed E-state index contributed by atoms with van der Waals surface area (Å²) in [6.07, 6.45) is 1.33. The van der Waals surface area contributed by atoms with Crippen LogP contribution in [0.25, 0.3) is 0 Å². The van der Waals surface area contributed by atoms with Crippen molar-refractivity contribution < 1.29 is 19.1 Å². The lowest BCUT2D eigenvalue weighted by atomic mass is 10.2. The molecule has 0 spiro atoms. The zero-order valence-corrected chi connectivity index (χ0v) is 16.5. The van der Waals surface area contributed by atoms with E-state index in [2.05, 4.69) is 10.6 Å². The third-order valence-corrected chi connectivity index (χ3v) is 4.79. The Bertz CT molecular complexity index is 874. The summed E-state index contributed by atoms with van der Waals surface area (Å²) in [4.78, 5) is 27.1. The van der Waals surface area contributed by atoms with Gasteiger partial charge in [-0.05, 0) is 43.2 Å². The molecule has 0 bridgehead atoms. The van der Waals surface area contributed by atoms with Crippen LogP contribution in [0, 0.1) is 0 Å². The van der Waals surface area contributed by atoms with Gasteiger partial charge in [-0.3, -0.25) is 4.79 Å². The number of methoxy groups -OCH3 is 2.